The topological polar surface area (TPSA) is 80.7 Å². The molecule has 1 heterocycles. The zero-order valence-corrected chi connectivity index (χ0v) is 10.2. The Morgan fingerprint density at radius 3 is 2.79 bits per heavy atom. The summed E-state index contributed by atoms with van der Waals surface area (Å²) in [6.45, 7) is 1.81. The lowest BCUT2D eigenvalue weighted by Gasteiger charge is -2.08. The molecule has 19 heavy (non-hydrogen) atoms. The van der Waals surface area contributed by atoms with Crippen molar-refractivity contribution in [2.75, 3.05) is 0 Å². The van der Waals surface area contributed by atoms with Crippen LogP contribution in [0.5, 0.6) is 11.6 Å². The summed E-state index contributed by atoms with van der Waals surface area (Å²) < 4.78 is 18.6. The molecule has 1 aromatic carbocycles. The van der Waals surface area contributed by atoms with Gasteiger partial charge in [-0.2, -0.15) is 0 Å². The van der Waals surface area contributed by atoms with Crippen LogP contribution >= 0.6 is 0 Å². The number of hydrogen-bond acceptors (Lipinski definition) is 4. The first-order chi connectivity index (χ1) is 9.10. The molecule has 0 aliphatic rings. The highest BCUT2D eigenvalue weighted by Crippen LogP contribution is 2.24. The highest BCUT2D eigenvalue weighted by molar-refractivity contribution is 5.96. The van der Waals surface area contributed by atoms with Crippen molar-refractivity contribution < 1.29 is 14.3 Å². The summed E-state index contributed by atoms with van der Waals surface area (Å²) in [7, 11) is 0. The van der Waals surface area contributed by atoms with E-state index in [4.69, 9.17) is 15.7 Å². The molecule has 1 aromatic heterocycles. The van der Waals surface area contributed by atoms with Gasteiger partial charge in [-0.1, -0.05) is 11.2 Å². The first kappa shape index (κ1) is 12.8. The molecule has 98 valence electrons. The normalized spacial score (nSPS) is 11.4. The molecule has 0 unspecified atom stereocenters. The third-order valence-electron chi connectivity index (χ3n) is 2.50. The van der Waals surface area contributed by atoms with Gasteiger partial charge in [0, 0.05) is 23.9 Å². The van der Waals surface area contributed by atoms with E-state index in [-0.39, 0.29) is 11.7 Å². The highest BCUT2D eigenvalue weighted by atomic mass is 19.1. The monoisotopic (exact) mass is 261 g/mol. The zero-order chi connectivity index (χ0) is 13.8. The molecule has 0 saturated carbocycles. The minimum Gasteiger partial charge on any atom is -0.439 e. The number of hydrogen-bond donors (Lipinski definition) is 2. The van der Waals surface area contributed by atoms with Crippen molar-refractivity contribution in [2.45, 2.75) is 6.92 Å². The molecule has 6 heteroatoms. The summed E-state index contributed by atoms with van der Waals surface area (Å²) in [5.41, 5.74) is 6.67. The van der Waals surface area contributed by atoms with Crippen molar-refractivity contribution >= 4 is 5.84 Å². The van der Waals surface area contributed by atoms with Crippen molar-refractivity contribution in [1.29, 1.82) is 0 Å². The highest BCUT2D eigenvalue weighted by Gasteiger charge is 2.05. The van der Waals surface area contributed by atoms with Crippen LogP contribution in [0.4, 0.5) is 4.39 Å². The fourth-order valence-electron chi connectivity index (χ4n) is 1.45. The summed E-state index contributed by atoms with van der Waals surface area (Å²) in [6.07, 6.45) is 1.40. The van der Waals surface area contributed by atoms with Gasteiger partial charge < -0.3 is 15.7 Å². The Balaban J connectivity index is 2.22. The van der Waals surface area contributed by atoms with Crippen LogP contribution in [0.3, 0.4) is 0 Å². The molecular weight excluding hydrogens is 249 g/mol. The lowest BCUT2D eigenvalue weighted by atomic mass is 10.2. The summed E-state index contributed by atoms with van der Waals surface area (Å²) >= 11 is 0. The Bertz CT molecular complexity index is 612. The number of nitrogens with two attached hydrogens (primary N) is 1. The van der Waals surface area contributed by atoms with Gasteiger partial charge in [-0.25, -0.2) is 9.37 Å². The van der Waals surface area contributed by atoms with E-state index >= 15 is 0 Å². The number of aromatic nitrogens is 1. The third-order valence-corrected chi connectivity index (χ3v) is 2.50. The first-order valence-electron chi connectivity index (χ1n) is 5.48. The smallest absolute Gasteiger partial charge is 0.219 e. The molecule has 5 nitrogen and oxygen atoms in total. The Morgan fingerprint density at radius 1 is 1.37 bits per heavy atom. The number of ether oxygens (including phenoxy) is 1. The minimum absolute atomic E-state index is 0.0408. The van der Waals surface area contributed by atoms with E-state index in [0.717, 1.165) is 5.56 Å². The molecule has 0 atom stereocenters. The molecule has 0 aliphatic carbocycles. The third kappa shape index (κ3) is 2.98. The molecule has 0 radical (unpaired) electrons. The number of pyridine rings is 1. The fraction of sp³-hybridized carbons (Fsp3) is 0.0769. The van der Waals surface area contributed by atoms with Gasteiger partial charge in [0.15, 0.2) is 5.84 Å². The fourth-order valence-corrected chi connectivity index (χ4v) is 1.45. The average Bonchev–Trinajstić information content (AvgIpc) is 2.43. The molecule has 0 aliphatic heterocycles. The van der Waals surface area contributed by atoms with Gasteiger partial charge in [0.1, 0.15) is 11.6 Å². The van der Waals surface area contributed by atoms with Crippen LogP contribution in [-0.2, 0) is 0 Å². The van der Waals surface area contributed by atoms with E-state index < -0.39 is 0 Å². The van der Waals surface area contributed by atoms with Crippen LogP contribution in [0, 0.1) is 12.7 Å². The molecule has 3 N–H and O–H groups in total. The standard InChI is InChI=1S/C13H12FN3O2/c1-8-2-4-10(14)6-11(8)19-12-5-3-9(7-16-12)13(15)17-18/h2-7,18H,1H3,(H2,15,17). The zero-order valence-electron chi connectivity index (χ0n) is 10.2. The van der Waals surface area contributed by atoms with Crippen LogP contribution in [-0.4, -0.2) is 16.0 Å². The van der Waals surface area contributed by atoms with Crippen LogP contribution in [0.25, 0.3) is 0 Å². The molecule has 0 bridgehead atoms. The maximum absolute atomic E-state index is 13.1. The van der Waals surface area contributed by atoms with Crippen LogP contribution in [0.2, 0.25) is 0 Å². The number of rotatable bonds is 3. The predicted molar refractivity (Wildman–Crippen MR) is 68.0 cm³/mol. The van der Waals surface area contributed by atoms with Gasteiger partial charge in [-0.15, -0.1) is 0 Å². The van der Waals surface area contributed by atoms with Gasteiger partial charge in [0.25, 0.3) is 0 Å². The van der Waals surface area contributed by atoms with E-state index in [1.165, 1.54) is 18.3 Å². The predicted octanol–water partition coefficient (Wildman–Crippen LogP) is 2.42. The van der Waals surface area contributed by atoms with Crippen molar-refractivity contribution in [3.63, 3.8) is 0 Å². The molecule has 0 spiro atoms. The minimum atomic E-state index is -0.381. The Hall–Kier alpha value is -2.63. The van der Waals surface area contributed by atoms with Gasteiger partial charge in [0.2, 0.25) is 5.88 Å². The second-order valence-corrected chi connectivity index (χ2v) is 3.88. The van der Waals surface area contributed by atoms with Gasteiger partial charge >= 0.3 is 0 Å². The van der Waals surface area contributed by atoms with E-state index in [0.29, 0.717) is 17.2 Å². The summed E-state index contributed by atoms with van der Waals surface area (Å²) in [6, 6.07) is 7.41. The van der Waals surface area contributed by atoms with Gasteiger partial charge in [-0.05, 0) is 24.6 Å². The molecule has 0 fully saturated rings. The Morgan fingerprint density at radius 2 is 2.16 bits per heavy atom. The quantitative estimate of drug-likeness (QED) is 0.385. The number of halogens is 1. The van der Waals surface area contributed by atoms with Gasteiger partial charge in [0.05, 0.1) is 0 Å². The second-order valence-electron chi connectivity index (χ2n) is 3.88. The number of benzene rings is 1. The Kier molecular flexibility index (Phi) is 3.61. The van der Waals surface area contributed by atoms with Gasteiger partial charge in [-0.3, -0.25) is 0 Å². The van der Waals surface area contributed by atoms with Crippen LogP contribution < -0.4 is 10.5 Å². The van der Waals surface area contributed by atoms with Crippen molar-refractivity contribution in [3.05, 3.63) is 53.5 Å². The number of oxime groups is 1. The average molecular weight is 261 g/mol. The maximum Gasteiger partial charge on any atom is 0.219 e. The van der Waals surface area contributed by atoms with Crippen molar-refractivity contribution in [1.82, 2.24) is 4.98 Å². The lowest BCUT2D eigenvalue weighted by molar-refractivity contribution is 0.318. The van der Waals surface area contributed by atoms with Crippen molar-refractivity contribution in [2.24, 2.45) is 10.9 Å². The molecule has 0 saturated heterocycles. The summed E-state index contributed by atoms with van der Waals surface area (Å²) in [5.74, 6) is 0.266. The van der Waals surface area contributed by atoms with Crippen LogP contribution in [0.15, 0.2) is 41.7 Å². The van der Waals surface area contributed by atoms with E-state index in [1.807, 2.05) is 0 Å². The van der Waals surface area contributed by atoms with E-state index in [1.54, 1.807) is 25.1 Å². The SMILES string of the molecule is Cc1ccc(F)cc1Oc1ccc(/C(N)=N/O)cn1. The van der Waals surface area contributed by atoms with E-state index in [9.17, 15) is 4.39 Å². The number of aryl methyl sites for hydroxylation is 1. The number of nitrogens with zero attached hydrogens (tertiary/aromatic N) is 2. The van der Waals surface area contributed by atoms with E-state index in [2.05, 4.69) is 10.1 Å². The van der Waals surface area contributed by atoms with Crippen molar-refractivity contribution in [3.8, 4) is 11.6 Å². The second kappa shape index (κ2) is 5.34. The molecular formula is C13H12FN3O2. The van der Waals surface area contributed by atoms with Crippen LogP contribution in [0.1, 0.15) is 11.1 Å². The largest absolute Gasteiger partial charge is 0.439 e. The Labute approximate surface area is 109 Å². The number of amidine groups is 1. The first-order valence-corrected chi connectivity index (χ1v) is 5.48. The molecule has 2 rings (SSSR count). The summed E-state index contributed by atoms with van der Waals surface area (Å²) in [5, 5.41) is 11.4. The molecule has 2 aromatic rings. The molecule has 0 amide bonds. The summed E-state index contributed by atoms with van der Waals surface area (Å²) in [4.78, 5) is 4.00. The maximum atomic E-state index is 13.1. The lowest BCUT2D eigenvalue weighted by Crippen LogP contribution is -2.13.